The maximum Gasteiger partial charge on any atom is 0.227 e. The van der Waals surface area contributed by atoms with E-state index >= 15 is 0 Å². The molecular formula is C28H38N6O3S. The molecule has 204 valence electrons. The molecule has 0 spiro atoms. The molecule has 5 rings (SSSR count). The molecule has 3 aromatic rings. The first kappa shape index (κ1) is 26.6. The van der Waals surface area contributed by atoms with E-state index in [1.54, 1.807) is 6.20 Å². The molecule has 0 bridgehead atoms. The molecule has 2 N–H and O–H groups in total. The second-order valence-electron chi connectivity index (χ2n) is 11.3. The van der Waals surface area contributed by atoms with Crippen LogP contribution in [-0.4, -0.2) is 72.3 Å². The van der Waals surface area contributed by atoms with Gasteiger partial charge in [-0.2, -0.15) is 4.98 Å². The number of benzene rings is 1. The van der Waals surface area contributed by atoms with Crippen LogP contribution in [0.4, 0.5) is 23.3 Å². The normalized spacial score (nSPS) is 24.1. The highest BCUT2D eigenvalue weighted by molar-refractivity contribution is 7.90. The summed E-state index contributed by atoms with van der Waals surface area (Å²) in [7, 11) is -3.01. The van der Waals surface area contributed by atoms with Crippen LogP contribution in [-0.2, 0) is 9.84 Å². The van der Waals surface area contributed by atoms with Crippen LogP contribution in [0.5, 0.6) is 0 Å². The van der Waals surface area contributed by atoms with E-state index in [-0.39, 0.29) is 29.7 Å². The molecule has 2 saturated heterocycles. The van der Waals surface area contributed by atoms with Gasteiger partial charge in [0.15, 0.2) is 0 Å². The smallest absolute Gasteiger partial charge is 0.227 e. The summed E-state index contributed by atoms with van der Waals surface area (Å²) >= 11 is 0. The number of rotatable bonds is 7. The molecule has 0 saturated carbocycles. The van der Waals surface area contributed by atoms with E-state index in [9.17, 15) is 13.5 Å². The van der Waals surface area contributed by atoms with Crippen molar-refractivity contribution in [2.24, 2.45) is 11.8 Å². The maximum absolute atomic E-state index is 11.8. The van der Waals surface area contributed by atoms with Gasteiger partial charge in [0.05, 0.1) is 11.9 Å². The van der Waals surface area contributed by atoms with E-state index in [0.29, 0.717) is 29.9 Å². The molecule has 2 aliphatic rings. The van der Waals surface area contributed by atoms with Gasteiger partial charge in [0.2, 0.25) is 5.95 Å². The van der Waals surface area contributed by atoms with E-state index in [1.165, 1.54) is 11.8 Å². The summed E-state index contributed by atoms with van der Waals surface area (Å²) < 4.78 is 23.6. The zero-order valence-electron chi connectivity index (χ0n) is 22.8. The molecular weight excluding hydrogens is 500 g/mol. The van der Waals surface area contributed by atoms with Gasteiger partial charge in [-0.3, -0.25) is 0 Å². The zero-order valence-corrected chi connectivity index (χ0v) is 23.6. The number of anilines is 4. The summed E-state index contributed by atoms with van der Waals surface area (Å²) in [6, 6.07) is 8.38. The van der Waals surface area contributed by atoms with Crippen molar-refractivity contribution < 1.29 is 13.5 Å². The number of aliphatic hydroxyl groups excluding tert-OH is 1. The van der Waals surface area contributed by atoms with E-state index in [2.05, 4.69) is 59.1 Å². The molecule has 2 fully saturated rings. The van der Waals surface area contributed by atoms with Crippen molar-refractivity contribution in [2.75, 3.05) is 46.8 Å². The molecule has 2 aromatic heterocycles. The molecule has 0 unspecified atom stereocenters. The number of hydrogen-bond donors (Lipinski definition) is 2. The van der Waals surface area contributed by atoms with Gasteiger partial charge >= 0.3 is 0 Å². The largest absolute Gasteiger partial charge is 0.393 e. The number of hydrogen-bond acceptors (Lipinski definition) is 9. The van der Waals surface area contributed by atoms with Gasteiger partial charge in [0.1, 0.15) is 21.5 Å². The Hall–Kier alpha value is -2.98. The van der Waals surface area contributed by atoms with Gasteiger partial charge in [0.25, 0.3) is 0 Å². The van der Waals surface area contributed by atoms with Gasteiger partial charge < -0.3 is 20.2 Å². The van der Waals surface area contributed by atoms with Crippen LogP contribution in [0.2, 0.25) is 0 Å². The van der Waals surface area contributed by atoms with Gasteiger partial charge in [-0.05, 0) is 54.3 Å². The highest BCUT2D eigenvalue weighted by Gasteiger charge is 2.38. The molecule has 2 aliphatic heterocycles. The van der Waals surface area contributed by atoms with Crippen molar-refractivity contribution in [2.45, 2.75) is 52.2 Å². The highest BCUT2D eigenvalue weighted by Crippen LogP contribution is 2.39. The fourth-order valence-electron chi connectivity index (χ4n) is 5.67. The van der Waals surface area contributed by atoms with Crippen LogP contribution in [0, 0.1) is 11.8 Å². The molecule has 38 heavy (non-hydrogen) atoms. The predicted octanol–water partition coefficient (Wildman–Crippen LogP) is 3.97. The standard InChI is InChI=1S/C28H38N6O3S/c1-17(2)21-6-7-24(34-15-20(19(34)4)16-38(5,36)37)23-13-30-27(12-22(21)23)31-26-8-10-29-28(32-26)33-11-9-25(35)18(3)14-33/h6-8,10,12-13,17-20,25,35H,9,11,14-16H2,1-5H3,(H,29,30,31,32)/t18-,19-,20-,25+/m1/s1. The van der Waals surface area contributed by atoms with E-state index in [4.69, 9.17) is 9.97 Å². The maximum atomic E-state index is 11.8. The number of nitrogens with one attached hydrogen (secondary N) is 1. The third-order valence-electron chi connectivity index (χ3n) is 8.01. The summed E-state index contributed by atoms with van der Waals surface area (Å²) in [6.45, 7) is 10.7. The Morgan fingerprint density at radius 1 is 1.11 bits per heavy atom. The van der Waals surface area contributed by atoms with Gasteiger partial charge in [-0.25, -0.2) is 18.4 Å². The first-order valence-corrected chi connectivity index (χ1v) is 15.5. The van der Waals surface area contributed by atoms with Crippen LogP contribution in [0.3, 0.4) is 0 Å². The van der Waals surface area contributed by atoms with E-state index in [0.717, 1.165) is 36.1 Å². The minimum atomic E-state index is -3.01. The molecule has 9 nitrogen and oxygen atoms in total. The van der Waals surface area contributed by atoms with Crippen molar-refractivity contribution in [3.63, 3.8) is 0 Å². The Balaban J connectivity index is 1.41. The van der Waals surface area contributed by atoms with Crippen LogP contribution in [0.25, 0.3) is 10.8 Å². The molecule has 4 heterocycles. The van der Waals surface area contributed by atoms with Crippen LogP contribution >= 0.6 is 0 Å². The topological polar surface area (TPSA) is 112 Å². The molecule has 1 aromatic carbocycles. The average molecular weight is 539 g/mol. The summed E-state index contributed by atoms with van der Waals surface area (Å²) in [5, 5.41) is 15.6. The fourth-order valence-corrected chi connectivity index (χ4v) is 6.83. The van der Waals surface area contributed by atoms with Crippen molar-refractivity contribution in [3.8, 4) is 0 Å². The Morgan fingerprint density at radius 3 is 2.58 bits per heavy atom. The van der Waals surface area contributed by atoms with Crippen LogP contribution < -0.4 is 15.1 Å². The first-order chi connectivity index (χ1) is 18.0. The molecule has 0 amide bonds. The molecule has 0 aliphatic carbocycles. The first-order valence-electron chi connectivity index (χ1n) is 13.4. The Bertz CT molecular complexity index is 1430. The lowest BCUT2D eigenvalue weighted by molar-refractivity contribution is 0.0966. The van der Waals surface area contributed by atoms with Crippen molar-refractivity contribution in [1.82, 2.24) is 15.0 Å². The monoisotopic (exact) mass is 538 g/mol. The second kappa shape index (κ2) is 10.3. The molecule has 10 heteroatoms. The van der Waals surface area contributed by atoms with E-state index in [1.807, 2.05) is 19.2 Å². The van der Waals surface area contributed by atoms with Gasteiger partial charge in [0, 0.05) is 61.3 Å². The lowest BCUT2D eigenvalue weighted by Gasteiger charge is -2.48. The Kier molecular flexibility index (Phi) is 7.21. The number of fused-ring (bicyclic) bond motifs is 1. The quantitative estimate of drug-likeness (QED) is 0.461. The third kappa shape index (κ3) is 5.42. The Labute approximate surface area is 225 Å². The van der Waals surface area contributed by atoms with Gasteiger partial charge in [-0.15, -0.1) is 0 Å². The highest BCUT2D eigenvalue weighted by atomic mass is 32.2. The average Bonchev–Trinajstić information content (AvgIpc) is 2.86. The number of piperidine rings is 1. The SMILES string of the molecule is CC(C)c1ccc(N2C[C@H](CS(C)(=O)=O)[C@H]2C)c2cnc(Nc3ccnc(N4CC[C@H](O)[C@H](C)C4)n3)cc12. The van der Waals surface area contributed by atoms with Crippen LogP contribution in [0.15, 0.2) is 36.7 Å². The lowest BCUT2D eigenvalue weighted by atomic mass is 9.88. The number of pyridine rings is 1. The van der Waals surface area contributed by atoms with Crippen molar-refractivity contribution in [1.29, 1.82) is 0 Å². The molecule has 0 radical (unpaired) electrons. The fraction of sp³-hybridized carbons (Fsp3) is 0.536. The number of aromatic nitrogens is 3. The summed E-state index contributed by atoms with van der Waals surface area (Å²) in [4.78, 5) is 18.3. The van der Waals surface area contributed by atoms with Crippen molar-refractivity contribution in [3.05, 3.63) is 42.2 Å². The predicted molar refractivity (Wildman–Crippen MR) is 153 cm³/mol. The minimum absolute atomic E-state index is 0.136. The minimum Gasteiger partial charge on any atom is -0.393 e. The summed E-state index contributed by atoms with van der Waals surface area (Å²) in [5.41, 5.74) is 2.32. The summed E-state index contributed by atoms with van der Waals surface area (Å²) in [6.07, 6.45) is 5.40. The second-order valence-corrected chi connectivity index (χ2v) is 13.5. The Morgan fingerprint density at radius 2 is 1.89 bits per heavy atom. The zero-order chi connectivity index (χ0) is 27.2. The van der Waals surface area contributed by atoms with Gasteiger partial charge in [-0.1, -0.05) is 26.8 Å². The van der Waals surface area contributed by atoms with E-state index < -0.39 is 9.84 Å². The number of sulfone groups is 1. The lowest BCUT2D eigenvalue weighted by Crippen LogP contribution is -2.57. The summed E-state index contributed by atoms with van der Waals surface area (Å²) in [5.74, 6) is 2.88. The molecule has 4 atom stereocenters. The number of nitrogens with zero attached hydrogens (tertiary/aromatic N) is 5. The number of aliphatic hydroxyl groups is 1. The third-order valence-corrected chi connectivity index (χ3v) is 9.04. The van der Waals surface area contributed by atoms with Crippen molar-refractivity contribution >= 4 is 43.9 Å². The van der Waals surface area contributed by atoms with Crippen LogP contribution in [0.1, 0.15) is 45.6 Å².